The molecule has 3 rings (SSSR count). The van der Waals surface area contributed by atoms with E-state index in [1.54, 1.807) is 0 Å². The smallest absolute Gasteiger partial charge is 0.125 e. The normalized spacial score (nSPS) is 27.8. The number of nitrogens with zero attached hydrogens (tertiary/aromatic N) is 3. The predicted octanol–water partition coefficient (Wildman–Crippen LogP) is 2.34. The van der Waals surface area contributed by atoms with Crippen LogP contribution in [0.4, 0.5) is 0 Å². The Morgan fingerprint density at radius 2 is 2.10 bits per heavy atom. The number of nitrogens with two attached hydrogens (primary N) is 1. The summed E-state index contributed by atoms with van der Waals surface area (Å²) in [5.41, 5.74) is 7.42. The fourth-order valence-electron chi connectivity index (χ4n) is 3.70. The number of aryl methyl sites for hydroxylation is 1. The average Bonchev–Trinajstić information content (AvgIpc) is 2.83. The molecule has 1 aromatic heterocycles. The van der Waals surface area contributed by atoms with Gasteiger partial charge in [0.05, 0.1) is 11.7 Å². The summed E-state index contributed by atoms with van der Waals surface area (Å²) in [5, 5.41) is 0. The summed E-state index contributed by atoms with van der Waals surface area (Å²) in [7, 11) is 0. The lowest BCUT2D eigenvalue weighted by Crippen LogP contribution is -2.40. The maximum atomic E-state index is 6.16. The van der Waals surface area contributed by atoms with Crippen LogP contribution in [0, 0.1) is 5.92 Å². The van der Waals surface area contributed by atoms with Crippen molar-refractivity contribution in [2.45, 2.75) is 64.6 Å². The summed E-state index contributed by atoms with van der Waals surface area (Å²) >= 11 is 0. The Kier molecular flexibility index (Phi) is 4.13. The van der Waals surface area contributed by atoms with Crippen molar-refractivity contribution in [3.63, 3.8) is 0 Å². The van der Waals surface area contributed by atoms with Crippen molar-refractivity contribution in [2.24, 2.45) is 11.7 Å². The van der Waals surface area contributed by atoms with E-state index in [9.17, 15) is 0 Å². The molecule has 112 valence electrons. The molecule has 2 aliphatic rings. The van der Waals surface area contributed by atoms with Crippen LogP contribution in [0.5, 0.6) is 0 Å². The molecule has 0 radical (unpaired) electrons. The summed E-state index contributed by atoms with van der Waals surface area (Å²) in [6.45, 7) is 8.19. The van der Waals surface area contributed by atoms with Gasteiger partial charge >= 0.3 is 0 Å². The monoisotopic (exact) mass is 276 g/mol. The van der Waals surface area contributed by atoms with Crippen LogP contribution in [0.25, 0.3) is 0 Å². The van der Waals surface area contributed by atoms with Gasteiger partial charge in [0.1, 0.15) is 5.82 Å². The SMILES string of the molecule is CC(C)N1CCCC(Cc2cn3c(n2)C(N)CCC3)C1. The molecule has 2 atom stereocenters. The van der Waals surface area contributed by atoms with Crippen LogP contribution < -0.4 is 5.73 Å². The Balaban J connectivity index is 1.66. The lowest BCUT2D eigenvalue weighted by Gasteiger charge is -2.35. The van der Waals surface area contributed by atoms with Crippen LogP contribution in [-0.2, 0) is 13.0 Å². The van der Waals surface area contributed by atoms with Gasteiger partial charge in [-0.3, -0.25) is 0 Å². The van der Waals surface area contributed by atoms with Gasteiger partial charge in [0.2, 0.25) is 0 Å². The van der Waals surface area contributed by atoms with Crippen molar-refractivity contribution >= 4 is 0 Å². The Hall–Kier alpha value is -0.870. The minimum absolute atomic E-state index is 0.149. The minimum Gasteiger partial charge on any atom is -0.333 e. The number of rotatable bonds is 3. The van der Waals surface area contributed by atoms with E-state index in [0.717, 1.165) is 31.1 Å². The van der Waals surface area contributed by atoms with Crippen LogP contribution in [0.1, 0.15) is 57.1 Å². The fraction of sp³-hybridized carbons (Fsp3) is 0.812. The molecule has 0 aliphatic carbocycles. The highest BCUT2D eigenvalue weighted by Crippen LogP contribution is 2.25. The molecule has 4 heteroatoms. The van der Waals surface area contributed by atoms with Crippen molar-refractivity contribution in [3.05, 3.63) is 17.7 Å². The molecule has 1 fully saturated rings. The standard InChI is InChI=1S/C16H28N4/c1-12(2)19-7-3-5-13(10-19)9-14-11-20-8-4-6-15(17)16(20)18-14/h11-13,15H,3-10,17H2,1-2H3. The molecule has 20 heavy (non-hydrogen) atoms. The third kappa shape index (κ3) is 2.91. The molecule has 0 aromatic carbocycles. The zero-order chi connectivity index (χ0) is 14.1. The number of likely N-dealkylation sites (tertiary alicyclic amines) is 1. The zero-order valence-electron chi connectivity index (χ0n) is 12.9. The largest absolute Gasteiger partial charge is 0.333 e. The van der Waals surface area contributed by atoms with Crippen LogP contribution in [0.3, 0.4) is 0 Å². The number of hydrogen-bond donors (Lipinski definition) is 1. The molecule has 2 aliphatic heterocycles. The molecule has 0 saturated carbocycles. The van der Waals surface area contributed by atoms with Crippen molar-refractivity contribution < 1.29 is 0 Å². The molecule has 3 heterocycles. The lowest BCUT2D eigenvalue weighted by molar-refractivity contribution is 0.139. The Morgan fingerprint density at radius 3 is 2.85 bits per heavy atom. The van der Waals surface area contributed by atoms with Gasteiger partial charge in [-0.25, -0.2) is 4.98 Å². The van der Waals surface area contributed by atoms with Gasteiger partial charge in [-0.05, 0) is 58.4 Å². The molecule has 4 nitrogen and oxygen atoms in total. The first-order chi connectivity index (χ1) is 9.63. The van der Waals surface area contributed by atoms with E-state index in [1.807, 2.05) is 0 Å². The van der Waals surface area contributed by atoms with Crippen LogP contribution in [-0.4, -0.2) is 33.6 Å². The first kappa shape index (κ1) is 14.1. The van der Waals surface area contributed by atoms with E-state index in [0.29, 0.717) is 6.04 Å². The Bertz CT molecular complexity index is 451. The second-order valence-electron chi connectivity index (χ2n) is 6.83. The highest BCUT2D eigenvalue weighted by molar-refractivity contribution is 5.10. The maximum Gasteiger partial charge on any atom is 0.125 e. The molecular formula is C16H28N4. The summed E-state index contributed by atoms with van der Waals surface area (Å²) < 4.78 is 2.28. The predicted molar refractivity (Wildman–Crippen MR) is 81.5 cm³/mol. The van der Waals surface area contributed by atoms with Crippen LogP contribution in [0.15, 0.2) is 6.20 Å². The first-order valence-corrected chi connectivity index (χ1v) is 8.19. The van der Waals surface area contributed by atoms with Gasteiger partial charge in [-0.1, -0.05) is 0 Å². The zero-order valence-corrected chi connectivity index (χ0v) is 12.9. The molecular weight excluding hydrogens is 248 g/mol. The molecule has 2 unspecified atom stereocenters. The van der Waals surface area contributed by atoms with Crippen molar-refractivity contribution in [1.82, 2.24) is 14.5 Å². The number of aromatic nitrogens is 2. The molecule has 0 spiro atoms. The second kappa shape index (κ2) is 5.86. The molecule has 0 amide bonds. The Morgan fingerprint density at radius 1 is 1.30 bits per heavy atom. The third-order valence-corrected chi connectivity index (χ3v) is 4.88. The topological polar surface area (TPSA) is 47.1 Å². The Labute approximate surface area is 122 Å². The van der Waals surface area contributed by atoms with Crippen molar-refractivity contribution in [3.8, 4) is 0 Å². The summed E-state index contributed by atoms with van der Waals surface area (Å²) in [6.07, 6.45) is 8.32. The second-order valence-corrected chi connectivity index (χ2v) is 6.83. The maximum absolute atomic E-state index is 6.16. The van der Waals surface area contributed by atoms with Crippen molar-refractivity contribution in [2.75, 3.05) is 13.1 Å². The highest BCUT2D eigenvalue weighted by atomic mass is 15.2. The number of piperidine rings is 1. The van der Waals surface area contributed by atoms with Crippen molar-refractivity contribution in [1.29, 1.82) is 0 Å². The van der Waals surface area contributed by atoms with E-state index in [4.69, 9.17) is 10.7 Å². The number of imidazole rings is 1. The van der Waals surface area contributed by atoms with Gasteiger partial charge in [0.25, 0.3) is 0 Å². The van der Waals surface area contributed by atoms with Crippen LogP contribution >= 0.6 is 0 Å². The van der Waals surface area contributed by atoms with E-state index in [-0.39, 0.29) is 6.04 Å². The van der Waals surface area contributed by atoms with Gasteiger partial charge in [-0.15, -0.1) is 0 Å². The molecule has 1 saturated heterocycles. The van der Waals surface area contributed by atoms with Gasteiger partial charge in [-0.2, -0.15) is 0 Å². The third-order valence-electron chi connectivity index (χ3n) is 4.88. The molecule has 2 N–H and O–H groups in total. The van der Waals surface area contributed by atoms with Crippen LogP contribution in [0.2, 0.25) is 0 Å². The molecule has 1 aromatic rings. The number of fused-ring (bicyclic) bond motifs is 1. The summed E-state index contributed by atoms with van der Waals surface area (Å²) in [4.78, 5) is 7.42. The first-order valence-electron chi connectivity index (χ1n) is 8.19. The fourth-order valence-corrected chi connectivity index (χ4v) is 3.70. The minimum atomic E-state index is 0.149. The van der Waals surface area contributed by atoms with Gasteiger partial charge in [0, 0.05) is 25.3 Å². The van der Waals surface area contributed by atoms with E-state index < -0.39 is 0 Å². The highest BCUT2D eigenvalue weighted by Gasteiger charge is 2.24. The summed E-state index contributed by atoms with van der Waals surface area (Å²) in [6, 6.07) is 0.817. The number of hydrogen-bond acceptors (Lipinski definition) is 3. The van der Waals surface area contributed by atoms with E-state index >= 15 is 0 Å². The van der Waals surface area contributed by atoms with Gasteiger partial charge in [0.15, 0.2) is 0 Å². The quantitative estimate of drug-likeness (QED) is 0.922. The summed E-state index contributed by atoms with van der Waals surface area (Å²) in [5.74, 6) is 1.88. The van der Waals surface area contributed by atoms with Gasteiger partial charge < -0.3 is 15.2 Å². The van der Waals surface area contributed by atoms with E-state index in [1.165, 1.54) is 38.0 Å². The van der Waals surface area contributed by atoms with E-state index in [2.05, 4.69) is 29.5 Å². The lowest BCUT2D eigenvalue weighted by atomic mass is 9.93. The molecule has 0 bridgehead atoms. The average molecular weight is 276 g/mol.